The van der Waals surface area contributed by atoms with Crippen LogP contribution >= 0.6 is 0 Å². The number of nitrogens with zero attached hydrogens (tertiary/aromatic N) is 1. The largest absolute Gasteiger partial charge is 0.371 e. The summed E-state index contributed by atoms with van der Waals surface area (Å²) in [6.45, 7) is 2.68. The standard InChI is InChI=1S/C15H23FN2/c1-11-5-3-4-6-15(11)18(2)14-8-12(10-17)7-13(16)9-14/h7-9,11,15H,3-6,10,17H2,1-2H3. The topological polar surface area (TPSA) is 29.3 Å². The van der Waals surface area contributed by atoms with Crippen LogP contribution in [0.25, 0.3) is 0 Å². The molecule has 0 radical (unpaired) electrons. The fraction of sp³-hybridized carbons (Fsp3) is 0.600. The number of nitrogens with two attached hydrogens (primary N) is 1. The third kappa shape index (κ3) is 2.83. The van der Waals surface area contributed by atoms with Crippen molar-refractivity contribution in [1.82, 2.24) is 0 Å². The van der Waals surface area contributed by atoms with E-state index in [1.165, 1.54) is 31.7 Å². The number of halogens is 1. The van der Waals surface area contributed by atoms with Crippen LogP contribution in [0, 0.1) is 11.7 Å². The van der Waals surface area contributed by atoms with Crippen molar-refractivity contribution in [2.75, 3.05) is 11.9 Å². The molecule has 1 aromatic rings. The molecule has 2 unspecified atom stereocenters. The Morgan fingerprint density at radius 3 is 2.67 bits per heavy atom. The number of anilines is 1. The molecule has 2 atom stereocenters. The van der Waals surface area contributed by atoms with Gasteiger partial charge in [0.25, 0.3) is 0 Å². The van der Waals surface area contributed by atoms with E-state index in [1.54, 1.807) is 6.07 Å². The second-order valence-corrected chi connectivity index (χ2v) is 5.46. The first-order valence-electron chi connectivity index (χ1n) is 6.84. The van der Waals surface area contributed by atoms with Gasteiger partial charge in [0.05, 0.1) is 0 Å². The Labute approximate surface area is 109 Å². The van der Waals surface area contributed by atoms with Gasteiger partial charge in [0, 0.05) is 25.3 Å². The van der Waals surface area contributed by atoms with Crippen LogP contribution in [0.1, 0.15) is 38.2 Å². The van der Waals surface area contributed by atoms with Crippen molar-refractivity contribution < 1.29 is 4.39 Å². The zero-order valence-corrected chi connectivity index (χ0v) is 11.3. The Balaban J connectivity index is 2.21. The highest BCUT2D eigenvalue weighted by molar-refractivity contribution is 5.49. The molecule has 3 heteroatoms. The maximum Gasteiger partial charge on any atom is 0.125 e. The molecular formula is C15H23FN2. The Hall–Kier alpha value is -1.09. The van der Waals surface area contributed by atoms with Gasteiger partial charge >= 0.3 is 0 Å². The average molecular weight is 250 g/mol. The third-order valence-corrected chi connectivity index (χ3v) is 4.15. The second kappa shape index (κ2) is 5.70. The van der Waals surface area contributed by atoms with E-state index in [-0.39, 0.29) is 5.82 Å². The van der Waals surface area contributed by atoms with Crippen molar-refractivity contribution >= 4 is 5.69 Å². The molecule has 0 saturated heterocycles. The zero-order valence-electron chi connectivity index (χ0n) is 11.3. The monoisotopic (exact) mass is 250 g/mol. The summed E-state index contributed by atoms with van der Waals surface area (Å²) in [5.74, 6) is 0.483. The lowest BCUT2D eigenvalue weighted by atomic mass is 9.85. The summed E-state index contributed by atoms with van der Waals surface area (Å²) in [6, 6.07) is 5.65. The fourth-order valence-corrected chi connectivity index (χ4v) is 3.02. The van der Waals surface area contributed by atoms with Gasteiger partial charge in [0.2, 0.25) is 0 Å². The summed E-state index contributed by atoms with van der Waals surface area (Å²) in [7, 11) is 2.07. The normalized spacial score (nSPS) is 24.0. The molecule has 1 aliphatic rings. The molecule has 0 amide bonds. The van der Waals surface area contributed by atoms with Crippen molar-refractivity contribution in [2.45, 2.75) is 45.2 Å². The van der Waals surface area contributed by atoms with Crippen LogP contribution in [0.5, 0.6) is 0 Å². The quantitative estimate of drug-likeness (QED) is 0.892. The number of hydrogen-bond donors (Lipinski definition) is 1. The molecule has 0 aromatic heterocycles. The fourth-order valence-electron chi connectivity index (χ4n) is 3.02. The number of benzene rings is 1. The van der Waals surface area contributed by atoms with Gasteiger partial charge in [-0.05, 0) is 42.5 Å². The van der Waals surface area contributed by atoms with Gasteiger partial charge in [-0.2, -0.15) is 0 Å². The van der Waals surface area contributed by atoms with Crippen LogP contribution < -0.4 is 10.6 Å². The predicted molar refractivity (Wildman–Crippen MR) is 74.1 cm³/mol. The van der Waals surface area contributed by atoms with Crippen molar-refractivity contribution in [1.29, 1.82) is 0 Å². The van der Waals surface area contributed by atoms with Gasteiger partial charge in [0.15, 0.2) is 0 Å². The smallest absolute Gasteiger partial charge is 0.125 e. The van der Waals surface area contributed by atoms with Gasteiger partial charge in [0.1, 0.15) is 5.82 Å². The molecular weight excluding hydrogens is 227 g/mol. The molecule has 18 heavy (non-hydrogen) atoms. The molecule has 2 nitrogen and oxygen atoms in total. The van der Waals surface area contributed by atoms with Crippen molar-refractivity contribution in [3.8, 4) is 0 Å². The van der Waals surface area contributed by atoms with E-state index in [9.17, 15) is 4.39 Å². The van der Waals surface area contributed by atoms with E-state index in [1.807, 2.05) is 6.07 Å². The van der Waals surface area contributed by atoms with E-state index in [0.29, 0.717) is 18.5 Å². The van der Waals surface area contributed by atoms with Crippen LogP contribution in [0.15, 0.2) is 18.2 Å². The van der Waals surface area contributed by atoms with Crippen molar-refractivity contribution in [3.63, 3.8) is 0 Å². The SMILES string of the molecule is CC1CCCCC1N(C)c1cc(F)cc(CN)c1. The van der Waals surface area contributed by atoms with Crippen molar-refractivity contribution in [3.05, 3.63) is 29.6 Å². The minimum Gasteiger partial charge on any atom is -0.371 e. The maximum atomic E-state index is 13.6. The first-order valence-corrected chi connectivity index (χ1v) is 6.84. The number of hydrogen-bond acceptors (Lipinski definition) is 2. The van der Waals surface area contributed by atoms with E-state index >= 15 is 0 Å². The van der Waals surface area contributed by atoms with Crippen LogP contribution in [-0.4, -0.2) is 13.1 Å². The Kier molecular flexibility index (Phi) is 4.23. The van der Waals surface area contributed by atoms with Gasteiger partial charge < -0.3 is 10.6 Å². The van der Waals surface area contributed by atoms with Crippen molar-refractivity contribution in [2.24, 2.45) is 11.7 Å². The minimum absolute atomic E-state index is 0.191. The molecule has 1 aromatic carbocycles. The van der Waals surface area contributed by atoms with Gasteiger partial charge in [-0.25, -0.2) is 4.39 Å². The Morgan fingerprint density at radius 2 is 2.00 bits per heavy atom. The maximum absolute atomic E-state index is 13.6. The van der Waals surface area contributed by atoms with E-state index in [0.717, 1.165) is 11.3 Å². The lowest BCUT2D eigenvalue weighted by Crippen LogP contribution is -2.39. The van der Waals surface area contributed by atoms with E-state index in [2.05, 4.69) is 18.9 Å². The van der Waals surface area contributed by atoms with Gasteiger partial charge in [-0.1, -0.05) is 19.8 Å². The van der Waals surface area contributed by atoms with E-state index < -0.39 is 0 Å². The summed E-state index contributed by atoms with van der Waals surface area (Å²) in [4.78, 5) is 2.23. The molecule has 0 bridgehead atoms. The molecule has 2 rings (SSSR count). The molecule has 1 fully saturated rings. The van der Waals surface area contributed by atoms with Crippen LogP contribution in [0.4, 0.5) is 10.1 Å². The van der Waals surface area contributed by atoms with Crippen LogP contribution in [-0.2, 0) is 6.54 Å². The lowest BCUT2D eigenvalue weighted by molar-refractivity contribution is 0.321. The molecule has 1 saturated carbocycles. The summed E-state index contributed by atoms with van der Waals surface area (Å²) in [6.07, 6.45) is 5.07. The van der Waals surface area contributed by atoms with Crippen LogP contribution in [0.2, 0.25) is 0 Å². The highest BCUT2D eigenvalue weighted by Gasteiger charge is 2.25. The Bertz CT molecular complexity index is 405. The summed E-state index contributed by atoms with van der Waals surface area (Å²) >= 11 is 0. The van der Waals surface area contributed by atoms with E-state index in [4.69, 9.17) is 5.73 Å². The molecule has 0 aliphatic heterocycles. The highest BCUT2D eigenvalue weighted by atomic mass is 19.1. The van der Waals surface area contributed by atoms with Crippen LogP contribution in [0.3, 0.4) is 0 Å². The predicted octanol–water partition coefficient (Wildman–Crippen LogP) is 3.30. The molecule has 0 spiro atoms. The zero-order chi connectivity index (χ0) is 13.1. The molecule has 100 valence electrons. The second-order valence-electron chi connectivity index (χ2n) is 5.46. The third-order valence-electron chi connectivity index (χ3n) is 4.15. The van der Waals surface area contributed by atoms with Gasteiger partial charge in [-0.3, -0.25) is 0 Å². The minimum atomic E-state index is -0.191. The first-order chi connectivity index (χ1) is 8.61. The lowest BCUT2D eigenvalue weighted by Gasteiger charge is -2.37. The average Bonchev–Trinajstić information content (AvgIpc) is 2.37. The molecule has 1 aliphatic carbocycles. The first kappa shape index (κ1) is 13.3. The summed E-state index contributed by atoms with van der Waals surface area (Å²) < 4.78 is 13.6. The summed E-state index contributed by atoms with van der Waals surface area (Å²) in [5.41, 5.74) is 7.42. The molecule has 2 N–H and O–H groups in total. The highest BCUT2D eigenvalue weighted by Crippen LogP contribution is 2.31. The number of rotatable bonds is 3. The van der Waals surface area contributed by atoms with Gasteiger partial charge in [-0.15, -0.1) is 0 Å². The summed E-state index contributed by atoms with van der Waals surface area (Å²) in [5, 5.41) is 0. The molecule has 0 heterocycles. The Morgan fingerprint density at radius 1 is 1.28 bits per heavy atom.